The molecule has 0 aliphatic carbocycles. The Bertz CT molecular complexity index is 889. The fraction of sp³-hybridized carbons (Fsp3) is 0.150. The van der Waals surface area contributed by atoms with Gasteiger partial charge in [-0.1, -0.05) is 24.3 Å². The number of carbonyl (C=O) groups is 1. The largest absolute Gasteiger partial charge is 0.497 e. The normalized spacial score (nSPS) is 11.6. The van der Waals surface area contributed by atoms with E-state index < -0.39 is 5.91 Å². The summed E-state index contributed by atoms with van der Waals surface area (Å²) in [6.45, 7) is 1.91. The van der Waals surface area contributed by atoms with Gasteiger partial charge in [0.15, 0.2) is 0 Å². The van der Waals surface area contributed by atoms with Crippen LogP contribution in [0.15, 0.2) is 60.3 Å². The molecule has 0 bridgehead atoms. The van der Waals surface area contributed by atoms with E-state index in [1.54, 1.807) is 31.4 Å². The second-order valence-corrected chi connectivity index (χ2v) is 5.44. The van der Waals surface area contributed by atoms with Crippen molar-refractivity contribution in [2.45, 2.75) is 13.0 Å². The Morgan fingerprint density at radius 2 is 1.85 bits per heavy atom. The summed E-state index contributed by atoms with van der Waals surface area (Å²) < 4.78 is 5.12. The van der Waals surface area contributed by atoms with Crippen molar-refractivity contribution >= 4 is 11.6 Å². The van der Waals surface area contributed by atoms with Crippen LogP contribution >= 0.6 is 0 Å². The van der Waals surface area contributed by atoms with Crippen molar-refractivity contribution in [2.24, 2.45) is 0 Å². The van der Waals surface area contributed by atoms with Crippen molar-refractivity contribution in [3.8, 4) is 17.9 Å². The predicted octanol–water partition coefficient (Wildman–Crippen LogP) is 3.26. The van der Waals surface area contributed by atoms with E-state index in [1.807, 2.05) is 43.3 Å². The average molecular weight is 346 g/mol. The minimum absolute atomic E-state index is 0.0851. The molecule has 0 aliphatic heterocycles. The molecule has 6 nitrogen and oxygen atoms in total. The van der Waals surface area contributed by atoms with Gasteiger partial charge in [0.05, 0.1) is 18.4 Å². The zero-order valence-corrected chi connectivity index (χ0v) is 14.5. The van der Waals surface area contributed by atoms with Gasteiger partial charge in [-0.3, -0.25) is 4.79 Å². The van der Waals surface area contributed by atoms with Gasteiger partial charge in [-0.05, 0) is 36.8 Å². The lowest BCUT2D eigenvalue weighted by Crippen LogP contribution is -2.19. The summed E-state index contributed by atoms with van der Waals surface area (Å²) in [4.78, 5) is 12.3. The highest BCUT2D eigenvalue weighted by Crippen LogP contribution is 2.18. The van der Waals surface area contributed by atoms with E-state index in [4.69, 9.17) is 10.00 Å². The molecule has 0 radical (unpaired) electrons. The molecular weight excluding hydrogens is 328 g/mol. The summed E-state index contributed by atoms with van der Waals surface area (Å²) in [5.74, 6) is 0.175. The van der Waals surface area contributed by atoms with E-state index in [0.29, 0.717) is 11.3 Å². The third-order valence-electron chi connectivity index (χ3n) is 3.75. The monoisotopic (exact) mass is 346 g/mol. The quantitative estimate of drug-likeness (QED) is 0.618. The zero-order valence-electron chi connectivity index (χ0n) is 14.5. The smallest absolute Gasteiger partial charge is 0.267 e. The lowest BCUT2D eigenvalue weighted by atomic mass is 10.1. The molecule has 2 aromatic carbocycles. The standard InChI is InChI=1S/C20H18N4O2/c1-14(15-7-9-18(26-2)10-8-15)23-13-17(12-22)20(25)24-19-6-4-3-5-16(19)11-21/h3-10,13-14,23H,1-2H3,(H,24,25)/b17-13-. The summed E-state index contributed by atoms with van der Waals surface area (Å²) in [6.07, 6.45) is 1.37. The highest BCUT2D eigenvalue weighted by Gasteiger charge is 2.12. The maximum Gasteiger partial charge on any atom is 0.267 e. The topological polar surface area (TPSA) is 97.9 Å². The number of anilines is 1. The number of nitrogens with one attached hydrogen (secondary N) is 2. The van der Waals surface area contributed by atoms with Gasteiger partial charge in [-0.2, -0.15) is 10.5 Å². The fourth-order valence-electron chi connectivity index (χ4n) is 2.22. The van der Waals surface area contributed by atoms with E-state index in [9.17, 15) is 10.1 Å². The van der Waals surface area contributed by atoms with Crippen LogP contribution in [0.1, 0.15) is 24.1 Å². The molecule has 130 valence electrons. The van der Waals surface area contributed by atoms with Crippen LogP contribution < -0.4 is 15.4 Å². The van der Waals surface area contributed by atoms with E-state index in [0.717, 1.165) is 11.3 Å². The van der Waals surface area contributed by atoms with Crippen molar-refractivity contribution < 1.29 is 9.53 Å². The number of methoxy groups -OCH3 is 1. The summed E-state index contributed by atoms with van der Waals surface area (Å²) in [7, 11) is 1.60. The Morgan fingerprint density at radius 3 is 2.46 bits per heavy atom. The number of para-hydroxylation sites is 1. The number of nitriles is 2. The number of carbonyl (C=O) groups excluding carboxylic acids is 1. The molecule has 0 spiro atoms. The van der Waals surface area contributed by atoms with Gasteiger partial charge < -0.3 is 15.4 Å². The van der Waals surface area contributed by atoms with Crippen molar-refractivity contribution in [1.82, 2.24) is 5.32 Å². The maximum absolute atomic E-state index is 12.3. The SMILES string of the molecule is COc1ccc(C(C)N/C=C(/C#N)C(=O)Nc2ccccc2C#N)cc1. The first-order valence-electron chi connectivity index (χ1n) is 7.89. The highest BCUT2D eigenvalue weighted by molar-refractivity contribution is 6.07. The van der Waals surface area contributed by atoms with Crippen LogP contribution in [0.3, 0.4) is 0 Å². The van der Waals surface area contributed by atoms with Crippen LogP contribution in [-0.4, -0.2) is 13.0 Å². The van der Waals surface area contributed by atoms with Gasteiger partial charge in [0, 0.05) is 12.2 Å². The van der Waals surface area contributed by atoms with Crippen LogP contribution in [0.4, 0.5) is 5.69 Å². The molecule has 0 fully saturated rings. The summed E-state index contributed by atoms with van der Waals surface area (Å²) in [5.41, 5.74) is 1.59. The van der Waals surface area contributed by atoms with Crippen molar-refractivity contribution in [2.75, 3.05) is 12.4 Å². The van der Waals surface area contributed by atoms with Crippen molar-refractivity contribution in [3.05, 3.63) is 71.4 Å². The van der Waals surface area contributed by atoms with E-state index in [-0.39, 0.29) is 11.6 Å². The van der Waals surface area contributed by atoms with E-state index >= 15 is 0 Å². The van der Waals surface area contributed by atoms with Crippen LogP contribution in [0.2, 0.25) is 0 Å². The molecule has 26 heavy (non-hydrogen) atoms. The minimum Gasteiger partial charge on any atom is -0.497 e. The fourth-order valence-corrected chi connectivity index (χ4v) is 2.22. The number of amides is 1. The van der Waals surface area contributed by atoms with Gasteiger partial charge in [0.2, 0.25) is 0 Å². The first kappa shape index (κ1) is 18.6. The molecule has 0 heterocycles. The zero-order chi connectivity index (χ0) is 18.9. The third-order valence-corrected chi connectivity index (χ3v) is 3.75. The van der Waals surface area contributed by atoms with Gasteiger partial charge >= 0.3 is 0 Å². The minimum atomic E-state index is -0.579. The first-order chi connectivity index (χ1) is 12.6. The second kappa shape index (κ2) is 8.91. The summed E-state index contributed by atoms with van der Waals surface area (Å²) in [6, 6.07) is 17.9. The number of benzene rings is 2. The lowest BCUT2D eigenvalue weighted by molar-refractivity contribution is -0.112. The van der Waals surface area contributed by atoms with Crippen LogP contribution in [-0.2, 0) is 4.79 Å². The van der Waals surface area contributed by atoms with Gasteiger partial charge in [-0.25, -0.2) is 0 Å². The molecule has 1 unspecified atom stereocenters. The van der Waals surface area contributed by atoms with Gasteiger partial charge in [0.25, 0.3) is 5.91 Å². The van der Waals surface area contributed by atoms with Crippen LogP contribution in [0, 0.1) is 22.7 Å². The molecule has 0 aliphatic rings. The molecular formula is C20H18N4O2. The lowest BCUT2D eigenvalue weighted by Gasteiger charge is -2.13. The van der Waals surface area contributed by atoms with Crippen LogP contribution in [0.25, 0.3) is 0 Å². The van der Waals surface area contributed by atoms with E-state index in [2.05, 4.69) is 10.6 Å². The van der Waals surface area contributed by atoms with Crippen LogP contribution in [0.5, 0.6) is 5.75 Å². The Kier molecular flexibility index (Phi) is 6.36. The van der Waals surface area contributed by atoms with E-state index in [1.165, 1.54) is 6.20 Å². The van der Waals surface area contributed by atoms with Gasteiger partial charge in [0.1, 0.15) is 23.5 Å². The highest BCUT2D eigenvalue weighted by atomic mass is 16.5. The number of hydrogen-bond donors (Lipinski definition) is 2. The molecule has 0 aromatic heterocycles. The Labute approximate surface area is 152 Å². The third kappa shape index (κ3) is 4.62. The maximum atomic E-state index is 12.3. The molecule has 6 heteroatoms. The van der Waals surface area contributed by atoms with Crippen molar-refractivity contribution in [3.63, 3.8) is 0 Å². The molecule has 2 N–H and O–H groups in total. The number of nitrogens with zero attached hydrogens (tertiary/aromatic N) is 2. The number of hydrogen-bond acceptors (Lipinski definition) is 5. The second-order valence-electron chi connectivity index (χ2n) is 5.44. The molecule has 0 saturated heterocycles. The number of rotatable bonds is 6. The Hall–Kier alpha value is -3.77. The molecule has 1 amide bonds. The number of ether oxygens (including phenoxy) is 1. The predicted molar refractivity (Wildman–Crippen MR) is 98.0 cm³/mol. The Morgan fingerprint density at radius 1 is 1.15 bits per heavy atom. The molecule has 1 atom stereocenters. The Balaban J connectivity index is 2.08. The molecule has 2 aromatic rings. The van der Waals surface area contributed by atoms with Gasteiger partial charge in [-0.15, -0.1) is 0 Å². The van der Waals surface area contributed by atoms with Crippen molar-refractivity contribution in [1.29, 1.82) is 10.5 Å². The first-order valence-corrected chi connectivity index (χ1v) is 7.89. The molecule has 0 saturated carbocycles. The molecule has 2 rings (SSSR count). The average Bonchev–Trinajstić information content (AvgIpc) is 2.68. The summed E-state index contributed by atoms with van der Waals surface area (Å²) in [5, 5.41) is 23.9. The summed E-state index contributed by atoms with van der Waals surface area (Å²) >= 11 is 0.